The quantitative estimate of drug-likeness (QED) is 0.645. The first kappa shape index (κ1) is 18.0. The number of hydrogen-bond donors (Lipinski definition) is 0. The second kappa shape index (κ2) is 7.34. The number of carbonyl (C=O) groups excluding carboxylic acids is 1. The molecule has 1 aliphatic rings. The number of likely N-dealkylation sites (tertiary alicyclic amines) is 1. The second-order valence-electron chi connectivity index (χ2n) is 7.06. The Morgan fingerprint density at radius 1 is 1.30 bits per heavy atom. The first-order valence-electron chi connectivity index (χ1n) is 9.37. The summed E-state index contributed by atoms with van der Waals surface area (Å²) in [5.74, 6) is 1.54. The van der Waals surface area contributed by atoms with E-state index in [1.165, 1.54) is 18.2 Å². The molecule has 3 aromatic rings. The molecule has 1 amide bonds. The van der Waals surface area contributed by atoms with Gasteiger partial charge in [-0.15, -0.1) is 10.2 Å². The lowest BCUT2D eigenvalue weighted by molar-refractivity contribution is -0.130. The van der Waals surface area contributed by atoms with Crippen molar-refractivity contribution >= 4 is 34.3 Å². The third-order valence-corrected chi connectivity index (χ3v) is 6.04. The van der Waals surface area contributed by atoms with Crippen molar-refractivity contribution in [3.63, 3.8) is 0 Å². The van der Waals surface area contributed by atoms with Crippen molar-refractivity contribution in [1.29, 1.82) is 0 Å². The highest BCUT2D eigenvalue weighted by Gasteiger charge is 2.22. The monoisotopic (exact) mass is 385 g/mol. The number of thioether (sulfide) groups is 1. The van der Waals surface area contributed by atoms with E-state index in [0.717, 1.165) is 25.0 Å². The van der Waals surface area contributed by atoms with Crippen LogP contribution in [0.1, 0.15) is 26.7 Å². The van der Waals surface area contributed by atoms with Gasteiger partial charge in [0.2, 0.25) is 11.7 Å². The lowest BCUT2D eigenvalue weighted by Gasteiger charge is -2.30. The number of benzene rings is 1. The number of aryl methyl sites for hydroxylation is 1. The SMILES string of the molecule is CCn1c(=O)c2ccccc2n2c(SCC(=O)N3CCC[C@@H](C)C3)nnc12. The van der Waals surface area contributed by atoms with Crippen LogP contribution in [0.25, 0.3) is 16.7 Å². The highest BCUT2D eigenvalue weighted by Crippen LogP contribution is 2.23. The predicted octanol–water partition coefficient (Wildman–Crippen LogP) is 2.41. The summed E-state index contributed by atoms with van der Waals surface area (Å²) in [6, 6.07) is 7.46. The Bertz CT molecular complexity index is 1060. The predicted molar refractivity (Wildman–Crippen MR) is 106 cm³/mol. The molecule has 1 atom stereocenters. The molecule has 0 unspecified atom stereocenters. The molecule has 0 N–H and O–H groups in total. The van der Waals surface area contributed by atoms with Gasteiger partial charge in [0.05, 0.1) is 16.7 Å². The smallest absolute Gasteiger partial charge is 0.262 e. The fourth-order valence-electron chi connectivity index (χ4n) is 3.75. The summed E-state index contributed by atoms with van der Waals surface area (Å²) in [6.45, 7) is 6.29. The number of para-hydroxylation sites is 1. The van der Waals surface area contributed by atoms with Crippen LogP contribution in [0, 0.1) is 5.92 Å². The van der Waals surface area contributed by atoms with Crippen LogP contribution < -0.4 is 5.56 Å². The summed E-state index contributed by atoms with van der Waals surface area (Å²) in [7, 11) is 0. The molecule has 0 spiro atoms. The van der Waals surface area contributed by atoms with Crippen LogP contribution >= 0.6 is 11.8 Å². The molecule has 2 aromatic heterocycles. The largest absolute Gasteiger partial charge is 0.342 e. The van der Waals surface area contributed by atoms with Crippen molar-refractivity contribution in [3.05, 3.63) is 34.6 Å². The van der Waals surface area contributed by atoms with Crippen molar-refractivity contribution in [3.8, 4) is 0 Å². The molecule has 142 valence electrons. The standard InChI is InChI=1S/C19H23N5O2S/c1-3-23-17(26)14-8-4-5-9-15(14)24-18(23)20-21-19(24)27-12-16(25)22-10-6-7-13(2)11-22/h4-5,8-9,13H,3,6-7,10-12H2,1-2H3/t13-/m1/s1. The third kappa shape index (κ3) is 3.22. The van der Waals surface area contributed by atoms with E-state index < -0.39 is 0 Å². The molecule has 3 heterocycles. The van der Waals surface area contributed by atoms with Gasteiger partial charge in [-0.05, 0) is 37.8 Å². The number of fused-ring (bicyclic) bond motifs is 3. The lowest BCUT2D eigenvalue weighted by Crippen LogP contribution is -2.40. The van der Waals surface area contributed by atoms with Gasteiger partial charge in [0.1, 0.15) is 0 Å². The van der Waals surface area contributed by atoms with Gasteiger partial charge in [0.25, 0.3) is 5.56 Å². The highest BCUT2D eigenvalue weighted by molar-refractivity contribution is 7.99. The molecule has 0 radical (unpaired) electrons. The molecular formula is C19H23N5O2S. The summed E-state index contributed by atoms with van der Waals surface area (Å²) in [5, 5.41) is 9.78. The van der Waals surface area contributed by atoms with Crippen molar-refractivity contribution in [2.24, 2.45) is 5.92 Å². The van der Waals surface area contributed by atoms with E-state index >= 15 is 0 Å². The van der Waals surface area contributed by atoms with E-state index in [-0.39, 0.29) is 11.5 Å². The van der Waals surface area contributed by atoms with Crippen LogP contribution in [-0.4, -0.2) is 48.8 Å². The summed E-state index contributed by atoms with van der Waals surface area (Å²) < 4.78 is 3.50. The minimum atomic E-state index is -0.0667. The van der Waals surface area contributed by atoms with Gasteiger partial charge in [0, 0.05) is 19.6 Å². The van der Waals surface area contributed by atoms with Crippen LogP contribution in [0.5, 0.6) is 0 Å². The second-order valence-corrected chi connectivity index (χ2v) is 8.00. The Balaban J connectivity index is 1.68. The van der Waals surface area contributed by atoms with Crippen LogP contribution in [0.15, 0.2) is 34.2 Å². The van der Waals surface area contributed by atoms with Crippen molar-refractivity contribution < 1.29 is 4.79 Å². The molecule has 8 heteroatoms. The normalized spacial score (nSPS) is 17.7. The maximum atomic E-state index is 12.7. The lowest BCUT2D eigenvalue weighted by atomic mass is 10.0. The number of amides is 1. The molecule has 1 fully saturated rings. The number of piperidine rings is 1. The third-order valence-electron chi connectivity index (χ3n) is 5.13. The molecule has 0 aliphatic carbocycles. The number of hydrogen-bond acceptors (Lipinski definition) is 5. The maximum absolute atomic E-state index is 12.7. The minimum Gasteiger partial charge on any atom is -0.342 e. The zero-order valence-corrected chi connectivity index (χ0v) is 16.4. The molecule has 4 rings (SSSR count). The Labute approximate surface area is 161 Å². The zero-order valence-electron chi connectivity index (χ0n) is 15.6. The first-order valence-corrected chi connectivity index (χ1v) is 10.4. The van der Waals surface area contributed by atoms with Gasteiger partial charge >= 0.3 is 0 Å². The van der Waals surface area contributed by atoms with E-state index in [9.17, 15) is 9.59 Å². The summed E-state index contributed by atoms with van der Waals surface area (Å²) >= 11 is 1.38. The number of nitrogens with zero attached hydrogens (tertiary/aromatic N) is 5. The van der Waals surface area contributed by atoms with Gasteiger partial charge < -0.3 is 4.90 Å². The van der Waals surface area contributed by atoms with Crippen LogP contribution in [0.3, 0.4) is 0 Å². The fourth-order valence-corrected chi connectivity index (χ4v) is 4.59. The van der Waals surface area contributed by atoms with E-state index in [0.29, 0.717) is 34.5 Å². The Kier molecular flexibility index (Phi) is 4.90. The molecule has 0 bridgehead atoms. The van der Waals surface area contributed by atoms with E-state index in [2.05, 4.69) is 17.1 Å². The Hall–Kier alpha value is -2.35. The Morgan fingerprint density at radius 2 is 2.11 bits per heavy atom. The van der Waals surface area contributed by atoms with Crippen LogP contribution in [-0.2, 0) is 11.3 Å². The maximum Gasteiger partial charge on any atom is 0.262 e. The average Bonchev–Trinajstić information content (AvgIpc) is 3.10. The number of aromatic nitrogens is 4. The van der Waals surface area contributed by atoms with Crippen LogP contribution in [0.2, 0.25) is 0 Å². The molecule has 1 saturated heterocycles. The van der Waals surface area contributed by atoms with Crippen molar-refractivity contribution in [1.82, 2.24) is 24.1 Å². The Morgan fingerprint density at radius 3 is 2.89 bits per heavy atom. The van der Waals surface area contributed by atoms with Gasteiger partial charge in [-0.1, -0.05) is 30.8 Å². The molecular weight excluding hydrogens is 362 g/mol. The topological polar surface area (TPSA) is 72.5 Å². The fraction of sp³-hybridized carbons (Fsp3) is 0.474. The van der Waals surface area contributed by atoms with Crippen molar-refractivity contribution in [2.45, 2.75) is 38.4 Å². The summed E-state index contributed by atoms with van der Waals surface area (Å²) in [5.41, 5.74) is 0.705. The van der Waals surface area contributed by atoms with E-state index in [1.807, 2.05) is 40.5 Å². The minimum absolute atomic E-state index is 0.0667. The molecule has 27 heavy (non-hydrogen) atoms. The van der Waals surface area contributed by atoms with Crippen LogP contribution in [0.4, 0.5) is 0 Å². The van der Waals surface area contributed by atoms with E-state index in [1.54, 1.807) is 4.57 Å². The van der Waals surface area contributed by atoms with Gasteiger partial charge in [-0.2, -0.15) is 0 Å². The number of carbonyl (C=O) groups is 1. The first-order chi connectivity index (χ1) is 13.1. The summed E-state index contributed by atoms with van der Waals surface area (Å²) in [6.07, 6.45) is 2.26. The molecule has 7 nitrogen and oxygen atoms in total. The van der Waals surface area contributed by atoms with Gasteiger partial charge in [-0.3, -0.25) is 18.6 Å². The molecule has 0 saturated carbocycles. The average molecular weight is 385 g/mol. The number of rotatable bonds is 4. The van der Waals surface area contributed by atoms with Gasteiger partial charge in [-0.25, -0.2) is 0 Å². The molecule has 1 aromatic carbocycles. The van der Waals surface area contributed by atoms with Crippen molar-refractivity contribution in [2.75, 3.05) is 18.8 Å². The van der Waals surface area contributed by atoms with E-state index in [4.69, 9.17) is 0 Å². The zero-order chi connectivity index (χ0) is 19.0. The summed E-state index contributed by atoms with van der Waals surface area (Å²) in [4.78, 5) is 27.3. The molecule has 1 aliphatic heterocycles. The highest BCUT2D eigenvalue weighted by atomic mass is 32.2. The van der Waals surface area contributed by atoms with Gasteiger partial charge in [0.15, 0.2) is 5.16 Å².